The van der Waals surface area contributed by atoms with Gasteiger partial charge < -0.3 is 15.2 Å². The third kappa shape index (κ3) is 2.85. The highest BCUT2D eigenvalue weighted by atomic mass is 16.5. The van der Waals surface area contributed by atoms with Crippen LogP contribution in [0.5, 0.6) is 5.75 Å². The molecule has 3 nitrogen and oxygen atoms in total. The molecule has 1 aromatic rings. The number of nitrogens with two attached hydrogens (primary N) is 1. The maximum Gasteiger partial charge on any atom is 0.119 e. The molecule has 1 fully saturated rings. The van der Waals surface area contributed by atoms with Gasteiger partial charge in [-0.25, -0.2) is 0 Å². The lowest BCUT2D eigenvalue weighted by molar-refractivity contribution is -0.0719. The quantitative estimate of drug-likeness (QED) is 0.872. The van der Waals surface area contributed by atoms with Gasteiger partial charge in [0.2, 0.25) is 0 Å². The van der Waals surface area contributed by atoms with Crippen molar-refractivity contribution in [2.45, 2.75) is 38.1 Å². The molecular weight excluding hydrogens is 226 g/mol. The Labute approximate surface area is 109 Å². The molecule has 0 bridgehead atoms. The highest BCUT2D eigenvalue weighted by molar-refractivity contribution is 5.36. The fourth-order valence-electron chi connectivity index (χ4n) is 2.67. The average Bonchev–Trinajstić information content (AvgIpc) is 2.23. The van der Waals surface area contributed by atoms with Crippen molar-refractivity contribution in [1.29, 1.82) is 0 Å². The molecule has 1 saturated heterocycles. The number of hydrogen-bond donors (Lipinski definition) is 1. The zero-order valence-electron chi connectivity index (χ0n) is 11.5. The Bertz CT molecular complexity index is 405. The van der Waals surface area contributed by atoms with Gasteiger partial charge in [-0.1, -0.05) is 12.1 Å². The van der Waals surface area contributed by atoms with Crippen LogP contribution in [0.4, 0.5) is 0 Å². The summed E-state index contributed by atoms with van der Waals surface area (Å²) in [5.74, 6) is 0.927. The van der Waals surface area contributed by atoms with Gasteiger partial charge in [0.05, 0.1) is 19.8 Å². The number of rotatable bonds is 5. The van der Waals surface area contributed by atoms with Crippen molar-refractivity contribution in [3.05, 3.63) is 29.8 Å². The number of hydrogen-bond acceptors (Lipinski definition) is 3. The van der Waals surface area contributed by atoms with Crippen LogP contribution in [0.1, 0.15) is 32.8 Å². The Morgan fingerprint density at radius 2 is 2.11 bits per heavy atom. The van der Waals surface area contributed by atoms with E-state index < -0.39 is 0 Å². The Kier molecular flexibility index (Phi) is 3.64. The minimum Gasteiger partial charge on any atom is -0.494 e. The van der Waals surface area contributed by atoms with E-state index >= 15 is 0 Å². The fraction of sp³-hybridized carbons (Fsp3) is 0.600. The lowest BCUT2D eigenvalue weighted by Crippen LogP contribution is -2.53. The summed E-state index contributed by atoms with van der Waals surface area (Å²) in [6, 6.07) is 8.31. The molecule has 1 heterocycles. The van der Waals surface area contributed by atoms with Gasteiger partial charge >= 0.3 is 0 Å². The van der Waals surface area contributed by atoms with Gasteiger partial charge in [0.15, 0.2) is 0 Å². The standard InChI is InChI=1S/C15H23NO2/c1-4-18-13-7-5-6-12(8-13)15(10-17-11-15)9-14(2,3)16/h5-8H,4,9-11,16H2,1-3H3. The van der Waals surface area contributed by atoms with E-state index in [1.807, 2.05) is 19.1 Å². The van der Waals surface area contributed by atoms with Gasteiger partial charge in [0.25, 0.3) is 0 Å². The molecule has 0 amide bonds. The monoisotopic (exact) mass is 249 g/mol. The molecule has 0 spiro atoms. The van der Waals surface area contributed by atoms with Crippen molar-refractivity contribution in [3.8, 4) is 5.75 Å². The highest BCUT2D eigenvalue weighted by Crippen LogP contribution is 2.39. The molecule has 3 heteroatoms. The van der Waals surface area contributed by atoms with Crippen molar-refractivity contribution in [2.24, 2.45) is 5.73 Å². The smallest absolute Gasteiger partial charge is 0.119 e. The second-order valence-corrected chi connectivity index (χ2v) is 5.90. The molecule has 1 aliphatic heterocycles. The molecule has 0 aliphatic carbocycles. The van der Waals surface area contributed by atoms with Crippen LogP contribution in [0.25, 0.3) is 0 Å². The second-order valence-electron chi connectivity index (χ2n) is 5.90. The highest BCUT2D eigenvalue weighted by Gasteiger charge is 2.43. The first-order valence-electron chi connectivity index (χ1n) is 6.55. The van der Waals surface area contributed by atoms with Gasteiger partial charge in [-0.15, -0.1) is 0 Å². The molecule has 0 unspecified atom stereocenters. The predicted molar refractivity (Wildman–Crippen MR) is 73.0 cm³/mol. The van der Waals surface area contributed by atoms with Crippen molar-refractivity contribution in [3.63, 3.8) is 0 Å². The van der Waals surface area contributed by atoms with Crippen LogP contribution in [-0.4, -0.2) is 25.4 Å². The molecule has 18 heavy (non-hydrogen) atoms. The molecule has 1 aliphatic rings. The third-order valence-electron chi connectivity index (χ3n) is 3.31. The molecule has 0 radical (unpaired) electrons. The first-order valence-corrected chi connectivity index (χ1v) is 6.55. The SMILES string of the molecule is CCOc1cccc(C2(CC(C)(C)N)COC2)c1. The van der Waals surface area contributed by atoms with E-state index in [1.165, 1.54) is 5.56 Å². The lowest BCUT2D eigenvalue weighted by atomic mass is 9.71. The van der Waals surface area contributed by atoms with Crippen molar-refractivity contribution >= 4 is 0 Å². The van der Waals surface area contributed by atoms with Crippen LogP contribution in [0.3, 0.4) is 0 Å². The van der Waals surface area contributed by atoms with E-state index in [0.717, 1.165) is 25.4 Å². The van der Waals surface area contributed by atoms with E-state index in [0.29, 0.717) is 6.61 Å². The average molecular weight is 249 g/mol. The Balaban J connectivity index is 2.24. The van der Waals surface area contributed by atoms with Gasteiger partial charge in [-0.2, -0.15) is 0 Å². The molecule has 100 valence electrons. The molecule has 0 atom stereocenters. The minimum atomic E-state index is -0.189. The van der Waals surface area contributed by atoms with Crippen LogP contribution >= 0.6 is 0 Å². The summed E-state index contributed by atoms with van der Waals surface area (Å²) >= 11 is 0. The van der Waals surface area contributed by atoms with E-state index in [4.69, 9.17) is 15.2 Å². The summed E-state index contributed by atoms with van der Waals surface area (Å²) < 4.78 is 11.0. The second kappa shape index (κ2) is 4.90. The van der Waals surface area contributed by atoms with Gasteiger partial charge in [-0.3, -0.25) is 0 Å². The first kappa shape index (κ1) is 13.4. The van der Waals surface area contributed by atoms with Crippen molar-refractivity contribution in [1.82, 2.24) is 0 Å². The van der Waals surface area contributed by atoms with E-state index in [2.05, 4.69) is 26.0 Å². The molecule has 1 aromatic carbocycles. The maximum absolute atomic E-state index is 6.18. The fourth-order valence-corrected chi connectivity index (χ4v) is 2.67. The van der Waals surface area contributed by atoms with Crippen LogP contribution in [0.2, 0.25) is 0 Å². The zero-order valence-corrected chi connectivity index (χ0v) is 11.5. The Hall–Kier alpha value is -1.06. The van der Waals surface area contributed by atoms with Crippen molar-refractivity contribution in [2.75, 3.05) is 19.8 Å². The van der Waals surface area contributed by atoms with E-state index in [9.17, 15) is 0 Å². The summed E-state index contributed by atoms with van der Waals surface area (Å²) in [6.45, 7) is 8.33. The van der Waals surface area contributed by atoms with Gasteiger partial charge in [0, 0.05) is 11.0 Å². The molecule has 2 N–H and O–H groups in total. The number of ether oxygens (including phenoxy) is 2. The summed E-state index contributed by atoms with van der Waals surface area (Å²) in [4.78, 5) is 0. The first-order chi connectivity index (χ1) is 8.45. The van der Waals surface area contributed by atoms with E-state index in [1.54, 1.807) is 0 Å². The van der Waals surface area contributed by atoms with E-state index in [-0.39, 0.29) is 11.0 Å². The third-order valence-corrected chi connectivity index (χ3v) is 3.31. The lowest BCUT2D eigenvalue weighted by Gasteiger charge is -2.45. The number of benzene rings is 1. The molecule has 2 rings (SSSR count). The van der Waals surface area contributed by atoms with Crippen LogP contribution in [0, 0.1) is 0 Å². The largest absolute Gasteiger partial charge is 0.494 e. The van der Waals surface area contributed by atoms with Gasteiger partial charge in [-0.05, 0) is 44.9 Å². The molecule has 0 saturated carbocycles. The normalized spacial score (nSPS) is 18.2. The predicted octanol–water partition coefficient (Wildman–Crippen LogP) is 2.48. The zero-order chi connectivity index (χ0) is 13.2. The Morgan fingerprint density at radius 1 is 1.39 bits per heavy atom. The summed E-state index contributed by atoms with van der Waals surface area (Å²) in [7, 11) is 0. The molecule has 0 aromatic heterocycles. The summed E-state index contributed by atoms with van der Waals surface area (Å²) in [5, 5.41) is 0. The Morgan fingerprint density at radius 3 is 2.61 bits per heavy atom. The maximum atomic E-state index is 6.18. The minimum absolute atomic E-state index is 0.0609. The summed E-state index contributed by atoms with van der Waals surface area (Å²) in [5.41, 5.74) is 7.33. The van der Waals surface area contributed by atoms with Crippen LogP contribution in [0.15, 0.2) is 24.3 Å². The molecular formula is C15H23NO2. The van der Waals surface area contributed by atoms with Gasteiger partial charge in [0.1, 0.15) is 5.75 Å². The van der Waals surface area contributed by atoms with Crippen molar-refractivity contribution < 1.29 is 9.47 Å². The van der Waals surface area contributed by atoms with Crippen LogP contribution in [-0.2, 0) is 10.2 Å². The summed E-state index contributed by atoms with van der Waals surface area (Å²) in [6.07, 6.45) is 0.926. The van der Waals surface area contributed by atoms with Crippen LogP contribution < -0.4 is 10.5 Å². The topological polar surface area (TPSA) is 44.5 Å².